The van der Waals surface area contributed by atoms with E-state index < -0.39 is 18.7 Å². The van der Waals surface area contributed by atoms with Crippen LogP contribution in [-0.2, 0) is 9.53 Å². The second kappa shape index (κ2) is 5.34. The molecule has 0 saturated heterocycles. The minimum atomic E-state index is -4.28. The number of carbonyl (C=O) groups excluding carboxylic acids is 1. The molecule has 0 unspecified atom stereocenters. The molecule has 0 aliphatic heterocycles. The largest absolute Gasteiger partial charge is 0.461 e. The van der Waals surface area contributed by atoms with Crippen molar-refractivity contribution in [3.63, 3.8) is 0 Å². The van der Waals surface area contributed by atoms with Crippen LogP contribution >= 0.6 is 0 Å². The van der Waals surface area contributed by atoms with Gasteiger partial charge in [-0.3, -0.25) is 10.1 Å². The summed E-state index contributed by atoms with van der Waals surface area (Å²) < 4.78 is 40.0. The van der Waals surface area contributed by atoms with E-state index in [9.17, 15) is 18.0 Å². The maximum atomic E-state index is 11.7. The monoisotopic (exact) mass is 225 g/mol. The molecule has 1 saturated carbocycles. The molecule has 1 aliphatic rings. The summed E-state index contributed by atoms with van der Waals surface area (Å²) >= 11 is 0. The number of carbonyl (C=O) groups is 1. The maximum absolute atomic E-state index is 11.7. The van der Waals surface area contributed by atoms with Crippen molar-refractivity contribution in [2.24, 2.45) is 0 Å². The van der Waals surface area contributed by atoms with Crippen molar-refractivity contribution in [3.05, 3.63) is 0 Å². The lowest BCUT2D eigenvalue weighted by molar-refractivity contribution is -0.149. The predicted molar refractivity (Wildman–Crippen MR) is 47.3 cm³/mol. The van der Waals surface area contributed by atoms with Crippen molar-refractivity contribution in [1.82, 2.24) is 5.32 Å². The number of rotatable bonds is 4. The smallest absolute Gasteiger partial charge is 0.401 e. The topological polar surface area (TPSA) is 38.3 Å². The molecule has 0 aromatic heterocycles. The molecule has 0 bridgehead atoms. The van der Waals surface area contributed by atoms with Gasteiger partial charge in [-0.15, -0.1) is 0 Å². The summed E-state index contributed by atoms with van der Waals surface area (Å²) in [5, 5.41) is 2.00. The minimum absolute atomic E-state index is 0.0924. The first-order chi connectivity index (χ1) is 6.97. The molecule has 1 aliphatic carbocycles. The Bertz CT molecular complexity index is 212. The van der Waals surface area contributed by atoms with Gasteiger partial charge in [0.15, 0.2) is 0 Å². The molecule has 1 fully saturated rings. The van der Waals surface area contributed by atoms with Gasteiger partial charge in [0, 0.05) is 0 Å². The number of nitrogens with one attached hydrogen (secondary N) is 1. The number of alkyl halides is 3. The van der Waals surface area contributed by atoms with Gasteiger partial charge in [0.25, 0.3) is 0 Å². The third-order valence-corrected chi connectivity index (χ3v) is 2.20. The van der Waals surface area contributed by atoms with Crippen LogP contribution in [0.3, 0.4) is 0 Å². The number of hydrogen-bond acceptors (Lipinski definition) is 3. The van der Waals surface area contributed by atoms with Crippen molar-refractivity contribution in [1.29, 1.82) is 0 Å². The highest BCUT2D eigenvalue weighted by Gasteiger charge is 2.27. The lowest BCUT2D eigenvalue weighted by atomic mass is 10.3. The molecule has 0 aromatic rings. The Hall–Kier alpha value is -0.780. The zero-order chi connectivity index (χ0) is 11.3. The lowest BCUT2D eigenvalue weighted by Gasteiger charge is -2.12. The highest BCUT2D eigenvalue weighted by atomic mass is 19.4. The van der Waals surface area contributed by atoms with Gasteiger partial charge >= 0.3 is 12.1 Å². The molecule has 0 atom stereocenters. The number of hydrogen-bond donors (Lipinski definition) is 1. The molecule has 88 valence electrons. The fraction of sp³-hybridized carbons (Fsp3) is 0.889. The first-order valence-corrected chi connectivity index (χ1v) is 4.94. The Kier molecular flexibility index (Phi) is 4.38. The highest BCUT2D eigenvalue weighted by Crippen LogP contribution is 2.20. The van der Waals surface area contributed by atoms with E-state index in [0.29, 0.717) is 0 Å². The number of esters is 1. The molecule has 1 rings (SSSR count). The summed E-state index contributed by atoms with van der Waals surface area (Å²) in [6.45, 7) is -1.54. The van der Waals surface area contributed by atoms with Crippen LogP contribution in [0, 0.1) is 0 Å². The van der Waals surface area contributed by atoms with E-state index in [1.807, 2.05) is 5.32 Å². The van der Waals surface area contributed by atoms with Gasteiger partial charge < -0.3 is 4.74 Å². The number of ether oxygens (including phenoxy) is 1. The molecule has 0 radical (unpaired) electrons. The van der Waals surface area contributed by atoms with Crippen LogP contribution in [0.15, 0.2) is 0 Å². The lowest BCUT2D eigenvalue weighted by Crippen LogP contribution is -2.34. The van der Waals surface area contributed by atoms with Crippen molar-refractivity contribution >= 4 is 5.97 Å². The average Bonchev–Trinajstić information content (AvgIpc) is 2.54. The molecule has 0 spiro atoms. The van der Waals surface area contributed by atoms with Gasteiger partial charge in [-0.25, -0.2) is 0 Å². The van der Waals surface area contributed by atoms with Crippen LogP contribution in [0.5, 0.6) is 0 Å². The van der Waals surface area contributed by atoms with E-state index in [1.54, 1.807) is 0 Å². The Morgan fingerprint density at radius 2 is 1.93 bits per heavy atom. The van der Waals surface area contributed by atoms with E-state index in [4.69, 9.17) is 4.74 Å². The molecular formula is C9H14F3NO2. The average molecular weight is 225 g/mol. The molecule has 6 heteroatoms. The van der Waals surface area contributed by atoms with Gasteiger partial charge in [0.05, 0.1) is 13.1 Å². The quantitative estimate of drug-likeness (QED) is 0.739. The van der Waals surface area contributed by atoms with Crippen molar-refractivity contribution in [2.45, 2.75) is 38.0 Å². The van der Waals surface area contributed by atoms with Crippen LogP contribution in [0.1, 0.15) is 25.7 Å². The fourth-order valence-electron chi connectivity index (χ4n) is 1.54. The Morgan fingerprint density at radius 3 is 2.47 bits per heavy atom. The van der Waals surface area contributed by atoms with E-state index in [2.05, 4.69) is 0 Å². The van der Waals surface area contributed by atoms with Crippen LogP contribution in [0.25, 0.3) is 0 Å². The zero-order valence-corrected chi connectivity index (χ0v) is 8.27. The second-order valence-electron chi connectivity index (χ2n) is 3.62. The third-order valence-electron chi connectivity index (χ3n) is 2.20. The molecular weight excluding hydrogens is 211 g/mol. The highest BCUT2D eigenvalue weighted by molar-refractivity contribution is 5.71. The van der Waals surface area contributed by atoms with Gasteiger partial charge in [-0.2, -0.15) is 13.2 Å². The molecule has 1 N–H and O–H groups in total. The Morgan fingerprint density at radius 1 is 1.33 bits per heavy atom. The SMILES string of the molecule is O=C(CNCC(F)(F)F)OC1CCCC1. The summed E-state index contributed by atoms with van der Waals surface area (Å²) in [5.41, 5.74) is 0. The van der Waals surface area contributed by atoms with Gasteiger partial charge in [0.2, 0.25) is 0 Å². The number of halogens is 3. The molecule has 3 nitrogen and oxygen atoms in total. The summed E-state index contributed by atoms with van der Waals surface area (Å²) in [7, 11) is 0. The molecule has 15 heavy (non-hydrogen) atoms. The second-order valence-corrected chi connectivity index (χ2v) is 3.62. The van der Waals surface area contributed by atoms with Crippen LogP contribution in [0.2, 0.25) is 0 Å². The van der Waals surface area contributed by atoms with Crippen LogP contribution in [0.4, 0.5) is 13.2 Å². The van der Waals surface area contributed by atoms with Crippen molar-refractivity contribution in [2.75, 3.05) is 13.1 Å². The predicted octanol–water partition coefficient (Wildman–Crippen LogP) is 1.62. The van der Waals surface area contributed by atoms with Crippen molar-refractivity contribution < 1.29 is 22.7 Å². The normalized spacial score (nSPS) is 18.1. The van der Waals surface area contributed by atoms with E-state index in [1.165, 1.54) is 0 Å². The van der Waals surface area contributed by atoms with Crippen LogP contribution < -0.4 is 5.32 Å². The first kappa shape index (κ1) is 12.3. The van der Waals surface area contributed by atoms with Crippen molar-refractivity contribution in [3.8, 4) is 0 Å². The summed E-state index contributed by atoms with van der Waals surface area (Å²) in [4.78, 5) is 11.0. The maximum Gasteiger partial charge on any atom is 0.401 e. The minimum Gasteiger partial charge on any atom is -0.461 e. The molecule has 0 heterocycles. The van der Waals surface area contributed by atoms with E-state index >= 15 is 0 Å². The summed E-state index contributed by atoms with van der Waals surface area (Å²) in [5.74, 6) is -0.605. The van der Waals surface area contributed by atoms with E-state index in [-0.39, 0.29) is 12.6 Å². The summed E-state index contributed by atoms with van der Waals surface area (Å²) in [6.07, 6.45) is -0.684. The van der Waals surface area contributed by atoms with Crippen LogP contribution in [-0.4, -0.2) is 31.3 Å². The summed E-state index contributed by atoms with van der Waals surface area (Å²) in [6, 6.07) is 0. The standard InChI is InChI=1S/C9H14F3NO2/c10-9(11,12)6-13-5-8(14)15-7-3-1-2-4-7/h7,13H,1-6H2. The fourth-order valence-corrected chi connectivity index (χ4v) is 1.54. The van der Waals surface area contributed by atoms with E-state index in [0.717, 1.165) is 25.7 Å². The first-order valence-electron chi connectivity index (χ1n) is 4.94. The zero-order valence-electron chi connectivity index (χ0n) is 8.27. The Balaban J connectivity index is 2.08. The molecule has 0 amide bonds. The van der Waals surface area contributed by atoms with Gasteiger partial charge in [-0.05, 0) is 25.7 Å². The Labute approximate surface area is 86.0 Å². The molecule has 0 aromatic carbocycles. The third kappa shape index (κ3) is 5.61. The van der Waals surface area contributed by atoms with Gasteiger partial charge in [0.1, 0.15) is 6.10 Å². The van der Waals surface area contributed by atoms with Gasteiger partial charge in [-0.1, -0.05) is 0 Å².